The summed E-state index contributed by atoms with van der Waals surface area (Å²) in [6.07, 6.45) is 4.47. The zero-order valence-electron chi connectivity index (χ0n) is 20.9. The number of anilines is 1. The Labute approximate surface area is 211 Å². The molecule has 1 aromatic heterocycles. The number of nitrogens with zero attached hydrogens (tertiary/aromatic N) is 3. The predicted octanol–water partition coefficient (Wildman–Crippen LogP) is 2.50. The van der Waals surface area contributed by atoms with Crippen LogP contribution < -0.4 is 15.8 Å². The number of carbonyl (C=O) groups is 2. The summed E-state index contributed by atoms with van der Waals surface area (Å²) in [5.41, 5.74) is 8.30. The van der Waals surface area contributed by atoms with Crippen LogP contribution in [-0.4, -0.2) is 65.9 Å². The fraction of sp³-hybridized carbons (Fsp3) is 0.444. The summed E-state index contributed by atoms with van der Waals surface area (Å²) in [5.74, 6) is 6.77. The number of aryl methyl sites for hydroxylation is 1. The van der Waals surface area contributed by atoms with Crippen molar-refractivity contribution in [2.75, 3.05) is 38.7 Å². The second-order valence-corrected chi connectivity index (χ2v) is 9.02. The van der Waals surface area contributed by atoms with E-state index in [1.165, 1.54) is 6.08 Å². The van der Waals surface area contributed by atoms with Gasteiger partial charge in [-0.05, 0) is 61.4 Å². The molecule has 0 spiro atoms. The van der Waals surface area contributed by atoms with Crippen molar-refractivity contribution in [2.24, 2.45) is 5.73 Å². The molecule has 2 aromatic rings. The van der Waals surface area contributed by atoms with E-state index in [0.29, 0.717) is 44.2 Å². The maximum atomic E-state index is 12.7. The van der Waals surface area contributed by atoms with Gasteiger partial charge in [-0.3, -0.25) is 9.59 Å². The molecular formula is C27H33N5O4. The average Bonchev–Trinajstić information content (AvgIpc) is 3.52. The van der Waals surface area contributed by atoms with Gasteiger partial charge in [-0.1, -0.05) is 19.4 Å². The summed E-state index contributed by atoms with van der Waals surface area (Å²) in [6, 6.07) is 5.82. The number of carbonyl (C=O) groups excluding carboxylic acids is 2. The van der Waals surface area contributed by atoms with Gasteiger partial charge in [-0.2, -0.15) is 5.10 Å². The fourth-order valence-corrected chi connectivity index (χ4v) is 4.65. The standard InChI is InChI=1S/C27H33N5O4/c1-4-18-14-19(16-22(15-18)35-3)6-7-23-25(26(28)34)27(29-20-9-12-36-13-10-20)32(30-23)21-8-11-31(17-21)24(33)5-2/h5,14-16,20-21,29H,2,4,8-13,17H2,1,3H3,(H2,28,34)/t21-/m0/s1. The van der Waals surface area contributed by atoms with E-state index < -0.39 is 5.91 Å². The average molecular weight is 492 g/mol. The molecule has 4 rings (SSSR count). The molecule has 2 amide bonds. The van der Waals surface area contributed by atoms with Crippen molar-refractivity contribution < 1.29 is 19.1 Å². The van der Waals surface area contributed by atoms with Crippen LogP contribution in [-0.2, 0) is 16.0 Å². The minimum atomic E-state index is -0.600. The van der Waals surface area contributed by atoms with Gasteiger partial charge in [0, 0.05) is 37.9 Å². The van der Waals surface area contributed by atoms with Gasteiger partial charge in [0.15, 0.2) is 5.69 Å². The van der Waals surface area contributed by atoms with Crippen LogP contribution in [0.3, 0.4) is 0 Å². The summed E-state index contributed by atoms with van der Waals surface area (Å²) < 4.78 is 12.7. The second kappa shape index (κ2) is 11.3. The SMILES string of the molecule is C=CC(=O)N1CC[C@H](n2nc(C#Cc3cc(CC)cc(OC)c3)c(C(N)=O)c2NC2CCOCC2)C1. The molecule has 9 heteroatoms. The monoisotopic (exact) mass is 491 g/mol. The Bertz CT molecular complexity index is 1180. The third-order valence-electron chi connectivity index (χ3n) is 6.65. The van der Waals surface area contributed by atoms with E-state index in [9.17, 15) is 9.59 Å². The summed E-state index contributed by atoms with van der Waals surface area (Å²) in [6.45, 7) is 8.00. The number of ether oxygens (including phenoxy) is 2. The Balaban J connectivity index is 1.75. The predicted molar refractivity (Wildman–Crippen MR) is 137 cm³/mol. The van der Waals surface area contributed by atoms with Crippen LogP contribution in [0.25, 0.3) is 0 Å². The summed E-state index contributed by atoms with van der Waals surface area (Å²) in [4.78, 5) is 26.6. The smallest absolute Gasteiger partial charge is 0.255 e. The molecular weight excluding hydrogens is 458 g/mol. The molecule has 0 radical (unpaired) electrons. The molecule has 2 aliphatic heterocycles. The van der Waals surface area contributed by atoms with Crippen LogP contribution in [0.2, 0.25) is 0 Å². The second-order valence-electron chi connectivity index (χ2n) is 9.02. The number of hydrogen-bond donors (Lipinski definition) is 2. The van der Waals surface area contributed by atoms with Crippen LogP contribution in [0, 0.1) is 11.8 Å². The molecule has 2 saturated heterocycles. The van der Waals surface area contributed by atoms with Crippen LogP contribution in [0.15, 0.2) is 30.9 Å². The van der Waals surface area contributed by atoms with Crippen molar-refractivity contribution in [1.29, 1.82) is 0 Å². The topological polar surface area (TPSA) is 112 Å². The number of methoxy groups -OCH3 is 1. The zero-order valence-corrected chi connectivity index (χ0v) is 20.9. The number of aromatic nitrogens is 2. The lowest BCUT2D eigenvalue weighted by atomic mass is 10.1. The van der Waals surface area contributed by atoms with Gasteiger partial charge < -0.3 is 25.4 Å². The van der Waals surface area contributed by atoms with Crippen LogP contribution >= 0.6 is 0 Å². The number of benzene rings is 1. The normalized spacial score (nSPS) is 17.8. The molecule has 9 nitrogen and oxygen atoms in total. The molecule has 36 heavy (non-hydrogen) atoms. The van der Waals surface area contributed by atoms with Gasteiger partial charge in [0.25, 0.3) is 5.91 Å². The summed E-state index contributed by atoms with van der Waals surface area (Å²) in [7, 11) is 1.62. The molecule has 2 aliphatic rings. The quantitative estimate of drug-likeness (QED) is 0.455. The van der Waals surface area contributed by atoms with Gasteiger partial charge in [-0.25, -0.2) is 4.68 Å². The molecule has 2 fully saturated rings. The Morgan fingerprint density at radius 3 is 2.72 bits per heavy atom. The van der Waals surface area contributed by atoms with E-state index in [-0.39, 0.29) is 23.6 Å². The Hall–Kier alpha value is -3.77. The van der Waals surface area contributed by atoms with Crippen molar-refractivity contribution in [1.82, 2.24) is 14.7 Å². The van der Waals surface area contributed by atoms with Crippen LogP contribution in [0.1, 0.15) is 59.4 Å². The largest absolute Gasteiger partial charge is 0.497 e. The van der Waals surface area contributed by atoms with Crippen LogP contribution in [0.4, 0.5) is 5.82 Å². The Kier molecular flexibility index (Phi) is 7.96. The highest BCUT2D eigenvalue weighted by atomic mass is 16.5. The van der Waals surface area contributed by atoms with E-state index in [1.54, 1.807) is 16.7 Å². The number of amides is 2. The number of primary amides is 1. The van der Waals surface area contributed by atoms with Crippen molar-refractivity contribution in [3.63, 3.8) is 0 Å². The van der Waals surface area contributed by atoms with Gasteiger partial charge >= 0.3 is 0 Å². The first-order chi connectivity index (χ1) is 17.4. The summed E-state index contributed by atoms with van der Waals surface area (Å²) >= 11 is 0. The summed E-state index contributed by atoms with van der Waals surface area (Å²) in [5, 5.41) is 8.25. The van der Waals surface area contributed by atoms with Crippen LogP contribution in [0.5, 0.6) is 5.75 Å². The Morgan fingerprint density at radius 1 is 1.28 bits per heavy atom. The number of nitrogens with one attached hydrogen (secondary N) is 1. The first-order valence-electron chi connectivity index (χ1n) is 12.3. The van der Waals surface area contributed by atoms with Crippen molar-refractivity contribution in [3.05, 3.63) is 53.2 Å². The van der Waals surface area contributed by atoms with E-state index in [1.807, 2.05) is 18.2 Å². The lowest BCUT2D eigenvalue weighted by Gasteiger charge is -2.26. The van der Waals surface area contributed by atoms with E-state index in [4.69, 9.17) is 20.3 Å². The maximum Gasteiger partial charge on any atom is 0.255 e. The first kappa shape index (κ1) is 25.3. The Morgan fingerprint density at radius 2 is 2.06 bits per heavy atom. The highest BCUT2D eigenvalue weighted by Crippen LogP contribution is 2.31. The molecule has 0 saturated carbocycles. The zero-order chi connectivity index (χ0) is 25.7. The minimum Gasteiger partial charge on any atom is -0.497 e. The van der Waals surface area contributed by atoms with Crippen molar-refractivity contribution >= 4 is 17.6 Å². The number of rotatable bonds is 7. The lowest BCUT2D eigenvalue weighted by molar-refractivity contribution is -0.125. The van der Waals surface area contributed by atoms with E-state index in [2.05, 4.69) is 30.7 Å². The van der Waals surface area contributed by atoms with E-state index in [0.717, 1.165) is 36.1 Å². The van der Waals surface area contributed by atoms with Gasteiger partial charge in [-0.15, -0.1) is 0 Å². The highest BCUT2D eigenvalue weighted by molar-refractivity contribution is 6.00. The molecule has 1 atom stereocenters. The van der Waals surface area contributed by atoms with Gasteiger partial charge in [0.2, 0.25) is 5.91 Å². The lowest BCUT2D eigenvalue weighted by Crippen LogP contribution is -2.31. The first-order valence-corrected chi connectivity index (χ1v) is 12.3. The minimum absolute atomic E-state index is 0.117. The fourth-order valence-electron chi connectivity index (χ4n) is 4.65. The highest BCUT2D eigenvalue weighted by Gasteiger charge is 2.32. The third kappa shape index (κ3) is 5.55. The van der Waals surface area contributed by atoms with Gasteiger partial charge in [0.05, 0.1) is 13.2 Å². The number of nitrogens with two attached hydrogens (primary N) is 1. The molecule has 190 valence electrons. The maximum absolute atomic E-state index is 12.7. The van der Waals surface area contributed by atoms with Crippen molar-refractivity contribution in [2.45, 2.75) is 44.7 Å². The molecule has 0 bridgehead atoms. The molecule has 1 aromatic carbocycles. The molecule has 3 heterocycles. The van der Waals surface area contributed by atoms with E-state index >= 15 is 0 Å². The number of hydrogen-bond acceptors (Lipinski definition) is 6. The number of likely N-dealkylation sites (tertiary alicyclic amines) is 1. The third-order valence-corrected chi connectivity index (χ3v) is 6.65. The molecule has 0 aliphatic carbocycles. The molecule has 0 unspecified atom stereocenters. The molecule has 3 N–H and O–H groups in total. The van der Waals surface area contributed by atoms with Gasteiger partial charge in [0.1, 0.15) is 17.1 Å². The van der Waals surface area contributed by atoms with Crippen molar-refractivity contribution in [3.8, 4) is 17.6 Å².